The highest BCUT2D eigenvalue weighted by Gasteiger charge is 2.24. The maximum absolute atomic E-state index is 11.6. The van der Waals surface area contributed by atoms with Crippen LogP contribution >= 0.6 is 12.2 Å². The number of nitrogens with one attached hydrogen (secondary N) is 1. The lowest BCUT2D eigenvalue weighted by molar-refractivity contribution is -0.123. The second-order valence-corrected chi connectivity index (χ2v) is 3.90. The highest BCUT2D eigenvalue weighted by atomic mass is 32.1. The van der Waals surface area contributed by atoms with Crippen molar-refractivity contribution in [2.45, 2.75) is 25.8 Å². The van der Waals surface area contributed by atoms with Gasteiger partial charge in [0.25, 0.3) is 0 Å². The molecule has 1 amide bonds. The summed E-state index contributed by atoms with van der Waals surface area (Å²) < 4.78 is 5.15. The topological polar surface area (TPSA) is 64.3 Å². The SMILES string of the molecule is CCC(C(=O)NC1CCOC1)C(N)=S. The van der Waals surface area contributed by atoms with E-state index in [0.717, 1.165) is 13.0 Å². The van der Waals surface area contributed by atoms with Crippen molar-refractivity contribution in [3.05, 3.63) is 0 Å². The number of hydrogen-bond acceptors (Lipinski definition) is 3. The molecule has 0 aromatic carbocycles. The first kappa shape index (κ1) is 11.4. The summed E-state index contributed by atoms with van der Waals surface area (Å²) in [6, 6.07) is 0.130. The Morgan fingerprint density at radius 3 is 2.93 bits per heavy atom. The molecule has 1 heterocycles. The fourth-order valence-electron chi connectivity index (χ4n) is 1.47. The van der Waals surface area contributed by atoms with E-state index in [9.17, 15) is 4.79 Å². The molecule has 1 aliphatic rings. The lowest BCUT2D eigenvalue weighted by atomic mass is 10.1. The van der Waals surface area contributed by atoms with Gasteiger partial charge in [0, 0.05) is 6.61 Å². The summed E-state index contributed by atoms with van der Waals surface area (Å²) in [6.45, 7) is 3.21. The Labute approximate surface area is 89.2 Å². The zero-order valence-corrected chi connectivity index (χ0v) is 9.10. The van der Waals surface area contributed by atoms with Crippen molar-refractivity contribution >= 4 is 23.1 Å². The molecule has 3 N–H and O–H groups in total. The quantitative estimate of drug-likeness (QED) is 0.659. The zero-order valence-electron chi connectivity index (χ0n) is 8.29. The number of nitrogens with two attached hydrogens (primary N) is 1. The Hall–Kier alpha value is -0.680. The van der Waals surface area contributed by atoms with E-state index in [4.69, 9.17) is 22.7 Å². The van der Waals surface area contributed by atoms with Crippen LogP contribution in [0.5, 0.6) is 0 Å². The van der Waals surface area contributed by atoms with E-state index in [-0.39, 0.29) is 22.9 Å². The number of thiocarbonyl (C=S) groups is 1. The third-order valence-electron chi connectivity index (χ3n) is 2.34. The second kappa shape index (κ2) is 5.26. The summed E-state index contributed by atoms with van der Waals surface area (Å²) in [5.41, 5.74) is 5.46. The van der Waals surface area contributed by atoms with Crippen LogP contribution in [0.15, 0.2) is 0 Å². The van der Waals surface area contributed by atoms with Crippen LogP contribution in [0.1, 0.15) is 19.8 Å². The van der Waals surface area contributed by atoms with Crippen LogP contribution in [0.3, 0.4) is 0 Å². The van der Waals surface area contributed by atoms with Gasteiger partial charge in [-0.05, 0) is 12.8 Å². The van der Waals surface area contributed by atoms with E-state index >= 15 is 0 Å². The Bertz CT molecular complexity index is 227. The minimum atomic E-state index is -0.342. The van der Waals surface area contributed by atoms with Crippen LogP contribution in [0, 0.1) is 5.92 Å². The molecular formula is C9H16N2O2S. The van der Waals surface area contributed by atoms with Gasteiger partial charge >= 0.3 is 0 Å². The smallest absolute Gasteiger partial charge is 0.230 e. The molecule has 14 heavy (non-hydrogen) atoms. The molecule has 0 radical (unpaired) electrons. The number of carbonyl (C=O) groups excluding carboxylic acids is 1. The summed E-state index contributed by atoms with van der Waals surface area (Å²) in [6.07, 6.45) is 1.52. The lowest BCUT2D eigenvalue weighted by Gasteiger charge is -2.16. The summed E-state index contributed by atoms with van der Waals surface area (Å²) in [4.78, 5) is 11.9. The largest absolute Gasteiger partial charge is 0.393 e. The van der Waals surface area contributed by atoms with Crippen molar-refractivity contribution in [2.24, 2.45) is 11.7 Å². The molecule has 80 valence electrons. The van der Waals surface area contributed by atoms with E-state index in [2.05, 4.69) is 5.32 Å². The van der Waals surface area contributed by atoms with Gasteiger partial charge in [0.05, 0.1) is 23.6 Å². The average Bonchev–Trinajstić information content (AvgIpc) is 2.57. The van der Waals surface area contributed by atoms with Crippen molar-refractivity contribution in [2.75, 3.05) is 13.2 Å². The fraction of sp³-hybridized carbons (Fsp3) is 0.778. The molecule has 1 aliphatic heterocycles. The van der Waals surface area contributed by atoms with E-state index in [1.54, 1.807) is 0 Å². The molecule has 1 rings (SSSR count). The van der Waals surface area contributed by atoms with E-state index in [1.807, 2.05) is 6.92 Å². The predicted molar refractivity (Wildman–Crippen MR) is 57.9 cm³/mol. The van der Waals surface area contributed by atoms with E-state index in [0.29, 0.717) is 13.0 Å². The Balaban J connectivity index is 2.42. The third kappa shape index (κ3) is 2.92. The number of amides is 1. The molecule has 2 unspecified atom stereocenters. The summed E-state index contributed by atoms with van der Waals surface area (Å²) in [7, 11) is 0. The van der Waals surface area contributed by atoms with Gasteiger partial charge in [0.15, 0.2) is 0 Å². The van der Waals surface area contributed by atoms with Crippen molar-refractivity contribution in [3.63, 3.8) is 0 Å². The normalized spacial score (nSPS) is 23.1. The molecule has 1 fully saturated rings. The molecule has 1 saturated heterocycles. The van der Waals surface area contributed by atoms with Crippen LogP contribution in [0.4, 0.5) is 0 Å². The van der Waals surface area contributed by atoms with Gasteiger partial charge in [-0.3, -0.25) is 4.79 Å². The highest BCUT2D eigenvalue weighted by Crippen LogP contribution is 2.07. The molecular weight excluding hydrogens is 200 g/mol. The molecule has 0 aromatic rings. The van der Waals surface area contributed by atoms with Crippen LogP contribution < -0.4 is 11.1 Å². The van der Waals surface area contributed by atoms with Crippen molar-refractivity contribution in [1.82, 2.24) is 5.32 Å². The number of ether oxygens (including phenoxy) is 1. The molecule has 0 saturated carbocycles. The van der Waals surface area contributed by atoms with E-state index < -0.39 is 0 Å². The molecule has 0 spiro atoms. The number of rotatable bonds is 4. The van der Waals surface area contributed by atoms with Gasteiger partial charge < -0.3 is 15.8 Å². The standard InChI is InChI=1S/C9H16N2O2S/c1-2-7(8(10)14)9(12)11-6-3-4-13-5-6/h6-7H,2-5H2,1H3,(H2,10,14)(H,11,12). The maximum Gasteiger partial charge on any atom is 0.230 e. The Morgan fingerprint density at radius 1 is 1.79 bits per heavy atom. The van der Waals surface area contributed by atoms with Gasteiger partial charge in [-0.1, -0.05) is 19.1 Å². The molecule has 5 heteroatoms. The number of carbonyl (C=O) groups is 1. The second-order valence-electron chi connectivity index (χ2n) is 3.43. The Morgan fingerprint density at radius 2 is 2.50 bits per heavy atom. The lowest BCUT2D eigenvalue weighted by Crippen LogP contribution is -2.43. The van der Waals surface area contributed by atoms with Gasteiger partial charge in [0.1, 0.15) is 0 Å². The minimum absolute atomic E-state index is 0.0736. The van der Waals surface area contributed by atoms with Gasteiger partial charge in [0.2, 0.25) is 5.91 Å². The van der Waals surface area contributed by atoms with Crippen molar-refractivity contribution in [3.8, 4) is 0 Å². The summed E-state index contributed by atoms with van der Waals surface area (Å²) in [5.74, 6) is -0.416. The van der Waals surface area contributed by atoms with Gasteiger partial charge in [-0.15, -0.1) is 0 Å². The minimum Gasteiger partial charge on any atom is -0.393 e. The molecule has 4 nitrogen and oxygen atoms in total. The number of hydrogen-bond donors (Lipinski definition) is 2. The first-order valence-electron chi connectivity index (χ1n) is 4.82. The third-order valence-corrected chi connectivity index (χ3v) is 2.63. The first-order valence-corrected chi connectivity index (χ1v) is 5.23. The van der Waals surface area contributed by atoms with Crippen LogP contribution in [0.25, 0.3) is 0 Å². The molecule has 0 bridgehead atoms. The van der Waals surface area contributed by atoms with Gasteiger partial charge in [-0.2, -0.15) is 0 Å². The highest BCUT2D eigenvalue weighted by molar-refractivity contribution is 7.80. The van der Waals surface area contributed by atoms with Gasteiger partial charge in [-0.25, -0.2) is 0 Å². The fourth-order valence-corrected chi connectivity index (χ4v) is 1.74. The monoisotopic (exact) mass is 216 g/mol. The zero-order chi connectivity index (χ0) is 10.6. The maximum atomic E-state index is 11.6. The first-order chi connectivity index (χ1) is 6.65. The van der Waals surface area contributed by atoms with Crippen LogP contribution in [0.2, 0.25) is 0 Å². The summed E-state index contributed by atoms with van der Waals surface area (Å²) >= 11 is 4.82. The summed E-state index contributed by atoms with van der Waals surface area (Å²) in [5, 5.41) is 2.88. The Kier molecular flexibility index (Phi) is 4.28. The van der Waals surface area contributed by atoms with Crippen molar-refractivity contribution in [1.29, 1.82) is 0 Å². The molecule has 2 atom stereocenters. The van der Waals surface area contributed by atoms with Crippen LogP contribution in [-0.4, -0.2) is 30.2 Å². The van der Waals surface area contributed by atoms with Crippen molar-refractivity contribution < 1.29 is 9.53 Å². The predicted octanol–water partition coefficient (Wildman–Crippen LogP) is 0.204. The molecule has 0 aliphatic carbocycles. The average molecular weight is 216 g/mol. The van der Waals surface area contributed by atoms with Crippen LogP contribution in [-0.2, 0) is 9.53 Å². The van der Waals surface area contributed by atoms with E-state index in [1.165, 1.54) is 0 Å². The molecule has 0 aromatic heterocycles.